The van der Waals surface area contributed by atoms with Crippen molar-refractivity contribution in [3.05, 3.63) is 33.0 Å². The summed E-state index contributed by atoms with van der Waals surface area (Å²) in [5.74, 6) is -0.222. The van der Waals surface area contributed by atoms with Crippen molar-refractivity contribution in [3.8, 4) is 0 Å². The van der Waals surface area contributed by atoms with Crippen LogP contribution in [0.1, 0.15) is 87.1 Å². The molecule has 0 saturated heterocycles. The second-order valence-electron chi connectivity index (χ2n) is 10.9. The molecular weight excluding hydrogens is 494 g/mol. The van der Waals surface area contributed by atoms with E-state index in [1.807, 2.05) is 24.4 Å². The van der Waals surface area contributed by atoms with Gasteiger partial charge in [0.2, 0.25) is 11.8 Å². The zero-order chi connectivity index (χ0) is 25.9. The van der Waals surface area contributed by atoms with E-state index < -0.39 is 11.5 Å². The first-order chi connectivity index (χ1) is 17.2. The Balaban J connectivity index is 1.61. The first-order valence-corrected chi connectivity index (χ1v) is 14.8. The van der Waals surface area contributed by atoms with Crippen molar-refractivity contribution in [1.82, 2.24) is 10.3 Å². The van der Waals surface area contributed by atoms with Crippen LogP contribution in [0.25, 0.3) is 0 Å². The zero-order valence-electron chi connectivity index (χ0n) is 21.5. The summed E-state index contributed by atoms with van der Waals surface area (Å²) in [4.78, 5) is 32.7. The molecule has 0 aliphatic heterocycles. The van der Waals surface area contributed by atoms with Crippen LogP contribution in [0.15, 0.2) is 17.5 Å². The molecule has 1 fully saturated rings. The lowest BCUT2D eigenvalue weighted by atomic mass is 9.47. The van der Waals surface area contributed by atoms with Crippen LogP contribution in [-0.2, 0) is 22.6 Å². The highest BCUT2D eigenvalue weighted by atomic mass is 32.1. The summed E-state index contributed by atoms with van der Waals surface area (Å²) < 4.78 is 0. The number of carbonyl (C=O) groups excluding carboxylic acids is 2. The zero-order valence-corrected chi connectivity index (χ0v) is 23.1. The number of fused-ring (bicyclic) bond motifs is 2. The molecule has 2 aromatic heterocycles. The van der Waals surface area contributed by atoms with Gasteiger partial charge in [-0.05, 0) is 48.5 Å². The van der Waals surface area contributed by atoms with Crippen molar-refractivity contribution >= 4 is 39.6 Å². The number of aromatic nitrogens is 1. The van der Waals surface area contributed by atoms with E-state index in [1.165, 1.54) is 11.3 Å². The minimum absolute atomic E-state index is 0.00472. The Labute approximate surface area is 221 Å². The smallest absolute Gasteiger partial charge is 0.226 e. The number of thiophene rings is 1. The number of carbonyl (C=O) groups is 2. The van der Waals surface area contributed by atoms with Gasteiger partial charge in [-0.25, -0.2) is 4.98 Å². The number of amides is 2. The van der Waals surface area contributed by atoms with E-state index >= 15 is 0 Å². The molecule has 4 rings (SSSR count). The van der Waals surface area contributed by atoms with E-state index in [0.29, 0.717) is 30.9 Å². The van der Waals surface area contributed by atoms with Crippen molar-refractivity contribution in [2.24, 2.45) is 16.7 Å². The number of rotatable bonds is 10. The molecule has 2 aromatic rings. The van der Waals surface area contributed by atoms with E-state index in [1.54, 1.807) is 11.3 Å². The second-order valence-corrected chi connectivity index (χ2v) is 13.0. The fraction of sp³-hybridized carbons (Fsp3) is 0.667. The van der Waals surface area contributed by atoms with Crippen molar-refractivity contribution in [1.29, 1.82) is 0 Å². The van der Waals surface area contributed by atoms with Gasteiger partial charge in [0, 0.05) is 33.9 Å². The van der Waals surface area contributed by atoms with E-state index in [4.69, 9.17) is 4.98 Å². The molecule has 198 valence electrons. The Hall–Kier alpha value is -1.81. The van der Waals surface area contributed by atoms with Gasteiger partial charge < -0.3 is 20.8 Å². The molecule has 4 N–H and O–H groups in total. The fourth-order valence-electron chi connectivity index (χ4n) is 6.27. The SMILES string of the molecule is CCCCCC(=O)Nc1nc2c(s1)CC1C(C)(CO)C(O)CCC1(C)C2CC(=O)NCc1cccs1. The number of nitrogens with one attached hydrogen (secondary N) is 2. The van der Waals surface area contributed by atoms with Gasteiger partial charge in [-0.1, -0.05) is 39.7 Å². The van der Waals surface area contributed by atoms with Gasteiger partial charge in [-0.15, -0.1) is 22.7 Å². The molecule has 0 bridgehead atoms. The van der Waals surface area contributed by atoms with Crippen LogP contribution >= 0.6 is 22.7 Å². The number of aliphatic hydroxyl groups is 2. The molecule has 9 heteroatoms. The van der Waals surface area contributed by atoms with Crippen LogP contribution in [0.3, 0.4) is 0 Å². The summed E-state index contributed by atoms with van der Waals surface area (Å²) in [5.41, 5.74) is -0.0738. The van der Waals surface area contributed by atoms with Crippen LogP contribution in [0.4, 0.5) is 5.13 Å². The molecule has 7 nitrogen and oxygen atoms in total. The lowest BCUT2D eigenvalue weighted by molar-refractivity contribution is -0.144. The molecule has 5 atom stereocenters. The minimum Gasteiger partial charge on any atom is -0.396 e. The average Bonchev–Trinajstić information content (AvgIpc) is 3.51. The van der Waals surface area contributed by atoms with Gasteiger partial charge in [-0.2, -0.15) is 0 Å². The van der Waals surface area contributed by atoms with Crippen LogP contribution in [0.5, 0.6) is 0 Å². The van der Waals surface area contributed by atoms with Crippen LogP contribution in [-0.4, -0.2) is 39.7 Å². The molecule has 2 aliphatic carbocycles. The van der Waals surface area contributed by atoms with E-state index in [2.05, 4.69) is 24.5 Å². The molecule has 0 radical (unpaired) electrons. The molecule has 2 heterocycles. The van der Waals surface area contributed by atoms with Gasteiger partial charge >= 0.3 is 0 Å². The third-order valence-corrected chi connectivity index (χ3v) is 10.5. The van der Waals surface area contributed by atoms with Crippen molar-refractivity contribution < 1.29 is 19.8 Å². The summed E-state index contributed by atoms with van der Waals surface area (Å²) in [5, 5.41) is 29.9. The highest BCUT2D eigenvalue weighted by Gasteiger charge is 2.59. The maximum absolute atomic E-state index is 13.2. The van der Waals surface area contributed by atoms with Crippen LogP contribution in [0, 0.1) is 16.7 Å². The van der Waals surface area contributed by atoms with Crippen molar-refractivity contribution in [2.45, 2.75) is 90.7 Å². The standard InChI is InChI=1S/C27H39N3O4S2/c1-4-5-6-9-22(33)29-25-30-24-18(13-23(34)28-15-17-8-7-12-35-17)26(2)11-10-21(32)27(3,16-31)20(26)14-19(24)36-25/h7-8,12,18,20-21,31-32H,4-6,9-11,13-16H2,1-3H3,(H,28,34)(H,29,30,33). The molecule has 0 spiro atoms. The summed E-state index contributed by atoms with van der Waals surface area (Å²) in [6, 6.07) is 3.98. The summed E-state index contributed by atoms with van der Waals surface area (Å²) in [6.07, 6.45) is 5.12. The summed E-state index contributed by atoms with van der Waals surface area (Å²) >= 11 is 3.09. The Bertz CT molecular complexity index is 1060. The maximum Gasteiger partial charge on any atom is 0.226 e. The Kier molecular flexibility index (Phi) is 8.54. The van der Waals surface area contributed by atoms with Crippen LogP contribution < -0.4 is 10.6 Å². The largest absolute Gasteiger partial charge is 0.396 e. The first-order valence-electron chi connectivity index (χ1n) is 13.1. The number of hydrogen-bond donors (Lipinski definition) is 4. The second kappa shape index (κ2) is 11.3. The number of thiazole rings is 1. The van der Waals surface area contributed by atoms with Gasteiger partial charge in [0.1, 0.15) is 0 Å². The number of anilines is 1. The monoisotopic (exact) mass is 533 g/mol. The number of nitrogens with zero attached hydrogens (tertiary/aromatic N) is 1. The Morgan fingerprint density at radius 3 is 2.75 bits per heavy atom. The Morgan fingerprint density at radius 2 is 2.06 bits per heavy atom. The third kappa shape index (κ3) is 5.39. The highest BCUT2D eigenvalue weighted by molar-refractivity contribution is 7.15. The van der Waals surface area contributed by atoms with Gasteiger partial charge in [0.05, 0.1) is 24.9 Å². The number of hydrogen-bond acceptors (Lipinski definition) is 7. The predicted octanol–water partition coefficient (Wildman–Crippen LogP) is 4.85. The van der Waals surface area contributed by atoms with Crippen molar-refractivity contribution in [3.63, 3.8) is 0 Å². The van der Waals surface area contributed by atoms with E-state index in [0.717, 1.165) is 41.1 Å². The topological polar surface area (TPSA) is 112 Å². The molecular formula is C27H39N3O4S2. The maximum atomic E-state index is 13.2. The number of unbranched alkanes of at least 4 members (excludes halogenated alkanes) is 2. The third-order valence-electron chi connectivity index (χ3n) is 8.58. The van der Waals surface area contributed by atoms with Gasteiger partial charge in [0.25, 0.3) is 0 Å². The lowest BCUT2D eigenvalue weighted by Crippen LogP contribution is -2.57. The van der Waals surface area contributed by atoms with E-state index in [-0.39, 0.29) is 42.1 Å². The lowest BCUT2D eigenvalue weighted by Gasteiger charge is -2.58. The molecule has 1 saturated carbocycles. The van der Waals surface area contributed by atoms with E-state index in [9.17, 15) is 19.8 Å². The first kappa shape index (κ1) is 27.2. The average molecular weight is 534 g/mol. The molecule has 0 aromatic carbocycles. The summed E-state index contributed by atoms with van der Waals surface area (Å²) in [6.45, 7) is 6.66. The van der Waals surface area contributed by atoms with Gasteiger partial charge in [0.15, 0.2) is 5.13 Å². The normalized spacial score (nSPS) is 29.3. The fourth-order valence-corrected chi connectivity index (χ4v) is 8.00. The summed E-state index contributed by atoms with van der Waals surface area (Å²) in [7, 11) is 0. The van der Waals surface area contributed by atoms with Crippen LogP contribution in [0.2, 0.25) is 0 Å². The molecule has 5 unspecified atom stereocenters. The molecule has 2 aliphatic rings. The highest BCUT2D eigenvalue weighted by Crippen LogP contribution is 2.62. The number of aliphatic hydroxyl groups excluding tert-OH is 2. The quantitative estimate of drug-likeness (QED) is 0.327. The van der Waals surface area contributed by atoms with Gasteiger partial charge in [-0.3, -0.25) is 9.59 Å². The van der Waals surface area contributed by atoms with Crippen molar-refractivity contribution in [2.75, 3.05) is 11.9 Å². The molecule has 36 heavy (non-hydrogen) atoms. The Morgan fingerprint density at radius 1 is 1.25 bits per heavy atom. The molecule has 2 amide bonds. The minimum atomic E-state index is -0.663. The predicted molar refractivity (Wildman–Crippen MR) is 144 cm³/mol.